The van der Waals surface area contributed by atoms with Crippen molar-refractivity contribution in [1.29, 1.82) is 0 Å². The Morgan fingerprint density at radius 1 is 1.56 bits per heavy atom. The van der Waals surface area contributed by atoms with Gasteiger partial charge in [0.05, 0.1) is 6.54 Å². The predicted octanol–water partition coefficient (Wildman–Crippen LogP) is 0.308. The summed E-state index contributed by atoms with van der Waals surface area (Å²) in [5.74, 6) is -0.470. The molecule has 1 saturated heterocycles. The highest BCUT2D eigenvalue weighted by atomic mass is 16.4. The third-order valence-electron chi connectivity index (χ3n) is 3.21. The number of piperazine rings is 1. The van der Waals surface area contributed by atoms with Crippen molar-refractivity contribution >= 4 is 11.9 Å². The lowest BCUT2D eigenvalue weighted by molar-refractivity contribution is -0.146. The molecule has 1 aliphatic rings. The first-order valence-electron chi connectivity index (χ1n) is 5.82. The molecule has 5 nitrogen and oxygen atoms in total. The highest BCUT2D eigenvalue weighted by Crippen LogP contribution is 2.13. The van der Waals surface area contributed by atoms with Gasteiger partial charge in [-0.15, -0.1) is 0 Å². The molecule has 0 spiro atoms. The minimum Gasteiger partial charge on any atom is -0.480 e. The molecule has 0 aromatic carbocycles. The van der Waals surface area contributed by atoms with Crippen LogP contribution in [0.4, 0.5) is 0 Å². The fourth-order valence-corrected chi connectivity index (χ4v) is 2.00. The van der Waals surface area contributed by atoms with E-state index in [1.807, 2.05) is 0 Å². The van der Waals surface area contributed by atoms with E-state index in [-0.39, 0.29) is 19.0 Å². The Morgan fingerprint density at radius 2 is 2.19 bits per heavy atom. The van der Waals surface area contributed by atoms with Crippen molar-refractivity contribution < 1.29 is 14.7 Å². The number of amides is 1. The molecule has 1 aliphatic heterocycles. The van der Waals surface area contributed by atoms with Gasteiger partial charge >= 0.3 is 5.97 Å². The summed E-state index contributed by atoms with van der Waals surface area (Å²) in [6.07, 6.45) is 2.03. The zero-order chi connectivity index (χ0) is 12.1. The molecule has 1 unspecified atom stereocenters. The van der Waals surface area contributed by atoms with Crippen LogP contribution in [0.25, 0.3) is 0 Å². The second kappa shape index (κ2) is 5.84. The van der Waals surface area contributed by atoms with E-state index in [4.69, 9.17) is 5.11 Å². The third kappa shape index (κ3) is 3.20. The minimum absolute atomic E-state index is 0.0801. The largest absolute Gasteiger partial charge is 0.480 e. The van der Waals surface area contributed by atoms with Crippen molar-refractivity contribution in [3.63, 3.8) is 0 Å². The number of rotatable bonds is 5. The average molecular weight is 228 g/mol. The second-order valence-corrected chi connectivity index (χ2v) is 4.27. The van der Waals surface area contributed by atoms with E-state index in [1.165, 1.54) is 0 Å². The number of carbonyl (C=O) groups excluding carboxylic acids is 1. The number of nitrogens with one attached hydrogen (secondary N) is 1. The van der Waals surface area contributed by atoms with Crippen LogP contribution in [0.5, 0.6) is 0 Å². The average Bonchev–Trinajstić information content (AvgIpc) is 2.25. The van der Waals surface area contributed by atoms with Crippen molar-refractivity contribution in [2.45, 2.75) is 32.7 Å². The van der Waals surface area contributed by atoms with Crippen LogP contribution in [0, 0.1) is 5.92 Å². The fraction of sp³-hybridized carbons (Fsp3) is 0.818. The Morgan fingerprint density at radius 3 is 2.69 bits per heavy atom. The molecule has 1 atom stereocenters. The van der Waals surface area contributed by atoms with Crippen molar-refractivity contribution in [3.05, 3.63) is 0 Å². The molecule has 1 rings (SSSR count). The minimum atomic E-state index is -0.856. The summed E-state index contributed by atoms with van der Waals surface area (Å²) in [6.45, 7) is 5.29. The van der Waals surface area contributed by atoms with Crippen LogP contribution in [0.1, 0.15) is 26.7 Å². The van der Waals surface area contributed by atoms with Gasteiger partial charge in [0.25, 0.3) is 0 Å². The van der Waals surface area contributed by atoms with Crippen molar-refractivity contribution in [1.82, 2.24) is 10.2 Å². The van der Waals surface area contributed by atoms with Gasteiger partial charge in [0.1, 0.15) is 6.04 Å². The molecule has 0 radical (unpaired) electrons. The normalized spacial score (nSPS) is 22.2. The van der Waals surface area contributed by atoms with Crippen molar-refractivity contribution in [2.24, 2.45) is 5.92 Å². The standard InChI is InChI=1S/C11H20N2O3/c1-3-8(4-2)6-13-7-10(14)12-5-9(13)11(15)16/h8-9H,3-7H2,1-2H3,(H,12,14)(H,15,16). The van der Waals surface area contributed by atoms with Gasteiger partial charge in [-0.2, -0.15) is 0 Å². The van der Waals surface area contributed by atoms with Crippen molar-refractivity contribution in [2.75, 3.05) is 19.6 Å². The van der Waals surface area contributed by atoms with Crippen LogP contribution in [0.2, 0.25) is 0 Å². The Labute approximate surface area is 95.8 Å². The van der Waals surface area contributed by atoms with E-state index >= 15 is 0 Å². The lowest BCUT2D eigenvalue weighted by atomic mass is 10.0. The van der Waals surface area contributed by atoms with Gasteiger partial charge in [0.15, 0.2) is 0 Å². The van der Waals surface area contributed by atoms with E-state index < -0.39 is 12.0 Å². The molecule has 1 amide bonds. The molecule has 0 aliphatic carbocycles. The number of nitrogens with zero attached hydrogens (tertiary/aromatic N) is 1. The first-order chi connectivity index (χ1) is 7.58. The van der Waals surface area contributed by atoms with E-state index in [2.05, 4.69) is 19.2 Å². The Balaban J connectivity index is 2.63. The van der Waals surface area contributed by atoms with Gasteiger partial charge in [-0.3, -0.25) is 14.5 Å². The van der Waals surface area contributed by atoms with E-state index in [9.17, 15) is 9.59 Å². The number of carboxylic acids is 1. The van der Waals surface area contributed by atoms with Gasteiger partial charge in [0.2, 0.25) is 5.91 Å². The maximum Gasteiger partial charge on any atom is 0.322 e. The van der Waals surface area contributed by atoms with Gasteiger partial charge in [-0.25, -0.2) is 0 Å². The van der Waals surface area contributed by atoms with Crippen LogP contribution in [0.3, 0.4) is 0 Å². The van der Waals surface area contributed by atoms with Crippen molar-refractivity contribution in [3.8, 4) is 0 Å². The molecule has 16 heavy (non-hydrogen) atoms. The number of carboxylic acid groups (broad SMARTS) is 1. The lowest BCUT2D eigenvalue weighted by Crippen LogP contribution is -2.58. The number of hydrogen-bond donors (Lipinski definition) is 2. The molecule has 0 saturated carbocycles. The number of hydrogen-bond acceptors (Lipinski definition) is 3. The summed E-state index contributed by atoms with van der Waals surface area (Å²) in [7, 11) is 0. The first kappa shape index (κ1) is 13.0. The van der Waals surface area contributed by atoms with E-state index in [0.717, 1.165) is 12.8 Å². The number of carbonyl (C=O) groups is 2. The summed E-state index contributed by atoms with van der Waals surface area (Å²) in [6, 6.07) is -0.571. The van der Waals surface area contributed by atoms with Crippen LogP contribution in [0.15, 0.2) is 0 Å². The zero-order valence-corrected chi connectivity index (χ0v) is 9.90. The van der Waals surface area contributed by atoms with Gasteiger partial charge < -0.3 is 10.4 Å². The van der Waals surface area contributed by atoms with Crippen LogP contribution >= 0.6 is 0 Å². The molecular weight excluding hydrogens is 208 g/mol. The Hall–Kier alpha value is -1.10. The first-order valence-corrected chi connectivity index (χ1v) is 5.82. The number of aliphatic carboxylic acids is 1. The summed E-state index contributed by atoms with van der Waals surface area (Å²) < 4.78 is 0. The molecule has 1 heterocycles. The van der Waals surface area contributed by atoms with Gasteiger partial charge in [0, 0.05) is 13.1 Å². The highest BCUT2D eigenvalue weighted by molar-refractivity contribution is 5.83. The summed E-state index contributed by atoms with van der Waals surface area (Å²) in [5.41, 5.74) is 0. The van der Waals surface area contributed by atoms with E-state index in [0.29, 0.717) is 12.5 Å². The van der Waals surface area contributed by atoms with Crippen LogP contribution < -0.4 is 5.32 Å². The Kier molecular flexibility index (Phi) is 4.73. The zero-order valence-electron chi connectivity index (χ0n) is 9.90. The van der Waals surface area contributed by atoms with Gasteiger partial charge in [-0.05, 0) is 5.92 Å². The molecule has 92 valence electrons. The molecule has 0 bridgehead atoms. The highest BCUT2D eigenvalue weighted by Gasteiger charge is 2.32. The summed E-state index contributed by atoms with van der Waals surface area (Å²) in [5, 5.41) is 11.7. The topological polar surface area (TPSA) is 69.6 Å². The molecule has 1 fully saturated rings. The third-order valence-corrected chi connectivity index (χ3v) is 3.21. The van der Waals surface area contributed by atoms with Gasteiger partial charge in [-0.1, -0.05) is 26.7 Å². The maximum absolute atomic E-state index is 11.3. The molecular formula is C11H20N2O3. The monoisotopic (exact) mass is 228 g/mol. The molecule has 0 aromatic rings. The fourth-order valence-electron chi connectivity index (χ4n) is 2.00. The van der Waals surface area contributed by atoms with Crippen LogP contribution in [-0.2, 0) is 9.59 Å². The maximum atomic E-state index is 11.3. The second-order valence-electron chi connectivity index (χ2n) is 4.27. The smallest absolute Gasteiger partial charge is 0.322 e. The molecule has 0 aromatic heterocycles. The molecule has 5 heteroatoms. The molecule has 2 N–H and O–H groups in total. The quantitative estimate of drug-likeness (QED) is 0.710. The summed E-state index contributed by atoms with van der Waals surface area (Å²) >= 11 is 0. The predicted molar refractivity (Wildman–Crippen MR) is 60.1 cm³/mol. The summed E-state index contributed by atoms with van der Waals surface area (Å²) in [4.78, 5) is 24.1. The SMILES string of the molecule is CCC(CC)CN1CC(=O)NCC1C(=O)O. The lowest BCUT2D eigenvalue weighted by Gasteiger charge is -2.34. The van der Waals surface area contributed by atoms with Crippen LogP contribution in [-0.4, -0.2) is 47.6 Å². The van der Waals surface area contributed by atoms with E-state index in [1.54, 1.807) is 4.90 Å². The Bertz CT molecular complexity index is 264.